The third-order valence-electron chi connectivity index (χ3n) is 2.36. The molecule has 4 N–H and O–H groups in total. The van der Waals surface area contributed by atoms with Gasteiger partial charge >= 0.3 is 0 Å². The van der Waals surface area contributed by atoms with Crippen molar-refractivity contribution in [3.8, 4) is 0 Å². The summed E-state index contributed by atoms with van der Waals surface area (Å²) in [5.41, 5.74) is 6.01. The highest BCUT2D eigenvalue weighted by atomic mass is 79.9. The highest BCUT2D eigenvalue weighted by Crippen LogP contribution is 2.23. The number of aromatic amines is 1. The average molecular weight is 347 g/mol. The van der Waals surface area contributed by atoms with Gasteiger partial charge in [0.2, 0.25) is 10.0 Å². The van der Waals surface area contributed by atoms with Crippen LogP contribution in [0.25, 0.3) is 0 Å². The second-order valence-corrected chi connectivity index (χ2v) is 6.36. The van der Waals surface area contributed by atoms with E-state index in [1.165, 1.54) is 12.1 Å². The number of hydrogen-bond donors (Lipinski definition) is 3. The van der Waals surface area contributed by atoms with Gasteiger partial charge in [0.25, 0.3) is 0 Å². The Balaban J connectivity index is 2.25. The number of nitrogen functional groups attached to an aromatic ring is 1. The van der Waals surface area contributed by atoms with Crippen molar-refractivity contribution in [2.75, 3.05) is 5.73 Å². The van der Waals surface area contributed by atoms with Gasteiger partial charge in [-0.25, -0.2) is 13.1 Å². The zero-order valence-corrected chi connectivity index (χ0v) is 12.2. The highest BCUT2D eigenvalue weighted by Gasteiger charge is 2.21. The van der Waals surface area contributed by atoms with Crippen LogP contribution in [0.1, 0.15) is 18.8 Å². The lowest BCUT2D eigenvalue weighted by molar-refractivity contribution is 0.560. The standard InChI is InChI=1S/C9H11BrN6O2S/c1-5(9-12-15-16-13-9)14-19(17,18)6-2-3-7(10)8(11)4-6/h2-5,14H,11H2,1H3,(H,12,13,15,16). The Morgan fingerprint density at radius 3 is 2.79 bits per heavy atom. The van der Waals surface area contributed by atoms with E-state index in [2.05, 4.69) is 41.3 Å². The van der Waals surface area contributed by atoms with Crippen molar-refractivity contribution in [2.45, 2.75) is 17.9 Å². The molecule has 0 radical (unpaired) electrons. The number of halogens is 1. The molecule has 2 rings (SSSR count). The second-order valence-electron chi connectivity index (χ2n) is 3.80. The maximum absolute atomic E-state index is 12.1. The molecule has 10 heteroatoms. The molecule has 2 aromatic rings. The van der Waals surface area contributed by atoms with Crippen LogP contribution in [0.2, 0.25) is 0 Å². The number of sulfonamides is 1. The average Bonchev–Trinajstić information content (AvgIpc) is 2.85. The minimum atomic E-state index is -3.70. The fraction of sp³-hybridized carbons (Fsp3) is 0.222. The van der Waals surface area contributed by atoms with Gasteiger partial charge in [0, 0.05) is 10.2 Å². The van der Waals surface area contributed by atoms with E-state index in [-0.39, 0.29) is 10.7 Å². The fourth-order valence-corrected chi connectivity index (χ4v) is 2.88. The van der Waals surface area contributed by atoms with Crippen LogP contribution in [0.3, 0.4) is 0 Å². The molecule has 1 unspecified atom stereocenters. The van der Waals surface area contributed by atoms with Gasteiger partial charge in [0.1, 0.15) is 0 Å². The minimum Gasteiger partial charge on any atom is -0.398 e. The predicted molar refractivity (Wildman–Crippen MR) is 71.5 cm³/mol. The molecule has 1 aromatic carbocycles. The number of rotatable bonds is 4. The maximum Gasteiger partial charge on any atom is 0.241 e. The van der Waals surface area contributed by atoms with Crippen molar-refractivity contribution in [2.24, 2.45) is 0 Å². The van der Waals surface area contributed by atoms with Crippen LogP contribution in [-0.4, -0.2) is 29.0 Å². The minimum absolute atomic E-state index is 0.0727. The van der Waals surface area contributed by atoms with E-state index in [1.54, 1.807) is 13.0 Å². The van der Waals surface area contributed by atoms with Crippen molar-refractivity contribution in [1.82, 2.24) is 25.3 Å². The molecule has 102 valence electrons. The summed E-state index contributed by atoms with van der Waals surface area (Å²) >= 11 is 3.21. The van der Waals surface area contributed by atoms with Crippen LogP contribution >= 0.6 is 15.9 Å². The zero-order valence-electron chi connectivity index (χ0n) is 9.83. The van der Waals surface area contributed by atoms with E-state index in [0.29, 0.717) is 10.2 Å². The van der Waals surface area contributed by atoms with Crippen molar-refractivity contribution >= 4 is 31.6 Å². The molecule has 1 aromatic heterocycles. The van der Waals surface area contributed by atoms with Gasteiger partial charge in [0.05, 0.1) is 10.9 Å². The second kappa shape index (κ2) is 5.23. The smallest absolute Gasteiger partial charge is 0.241 e. The molecule has 0 aliphatic rings. The number of hydrogen-bond acceptors (Lipinski definition) is 6. The summed E-state index contributed by atoms with van der Waals surface area (Å²) in [6.45, 7) is 1.62. The largest absolute Gasteiger partial charge is 0.398 e. The number of anilines is 1. The number of nitrogens with one attached hydrogen (secondary N) is 2. The Labute approximate surface area is 118 Å². The van der Waals surface area contributed by atoms with E-state index in [4.69, 9.17) is 5.73 Å². The van der Waals surface area contributed by atoms with E-state index in [9.17, 15) is 8.42 Å². The molecule has 0 saturated heterocycles. The highest BCUT2D eigenvalue weighted by molar-refractivity contribution is 9.10. The number of H-pyrrole nitrogens is 1. The third-order valence-corrected chi connectivity index (χ3v) is 4.62. The Kier molecular flexibility index (Phi) is 3.83. The molecule has 0 spiro atoms. The number of benzene rings is 1. The van der Waals surface area contributed by atoms with Gasteiger partial charge in [-0.05, 0) is 41.1 Å². The quantitative estimate of drug-likeness (QED) is 0.695. The number of aromatic nitrogens is 4. The van der Waals surface area contributed by atoms with Crippen LogP contribution in [-0.2, 0) is 10.0 Å². The first-order valence-corrected chi connectivity index (χ1v) is 7.48. The fourth-order valence-electron chi connectivity index (χ4n) is 1.40. The van der Waals surface area contributed by atoms with Gasteiger partial charge in [-0.2, -0.15) is 5.21 Å². The summed E-state index contributed by atoms with van der Waals surface area (Å²) in [4.78, 5) is 0.0727. The summed E-state index contributed by atoms with van der Waals surface area (Å²) in [7, 11) is -3.70. The lowest BCUT2D eigenvalue weighted by atomic mass is 10.3. The molecular weight excluding hydrogens is 336 g/mol. The van der Waals surface area contributed by atoms with Gasteiger partial charge in [-0.1, -0.05) is 5.21 Å². The Morgan fingerprint density at radius 2 is 2.21 bits per heavy atom. The first-order valence-electron chi connectivity index (χ1n) is 5.21. The summed E-state index contributed by atoms with van der Waals surface area (Å²) in [5, 5.41) is 13.1. The summed E-state index contributed by atoms with van der Waals surface area (Å²) < 4.78 is 27.3. The van der Waals surface area contributed by atoms with Crippen LogP contribution in [0.5, 0.6) is 0 Å². The number of tetrazole rings is 1. The summed E-state index contributed by atoms with van der Waals surface area (Å²) in [6, 6.07) is 3.79. The van der Waals surface area contributed by atoms with Gasteiger partial charge in [-0.15, -0.1) is 10.2 Å². The monoisotopic (exact) mass is 346 g/mol. The van der Waals surface area contributed by atoms with E-state index >= 15 is 0 Å². The molecule has 0 aliphatic heterocycles. The number of nitrogens with zero attached hydrogens (tertiary/aromatic N) is 3. The molecule has 0 saturated carbocycles. The van der Waals surface area contributed by atoms with Crippen molar-refractivity contribution in [3.63, 3.8) is 0 Å². The van der Waals surface area contributed by atoms with Gasteiger partial charge < -0.3 is 5.73 Å². The molecule has 0 aliphatic carbocycles. The molecule has 1 heterocycles. The third kappa shape index (κ3) is 3.08. The first-order chi connectivity index (χ1) is 8.90. The Hall–Kier alpha value is -1.52. The summed E-state index contributed by atoms with van der Waals surface area (Å²) in [6.07, 6.45) is 0. The lowest BCUT2D eigenvalue weighted by Gasteiger charge is -2.11. The molecule has 19 heavy (non-hydrogen) atoms. The molecule has 0 bridgehead atoms. The van der Waals surface area contributed by atoms with Crippen LogP contribution in [0.4, 0.5) is 5.69 Å². The number of nitrogens with two attached hydrogens (primary N) is 1. The topological polar surface area (TPSA) is 127 Å². The van der Waals surface area contributed by atoms with Gasteiger partial charge in [0.15, 0.2) is 5.82 Å². The maximum atomic E-state index is 12.1. The molecule has 8 nitrogen and oxygen atoms in total. The van der Waals surface area contributed by atoms with Crippen LogP contribution < -0.4 is 10.5 Å². The predicted octanol–water partition coefficient (Wildman–Crippen LogP) is 0.584. The van der Waals surface area contributed by atoms with E-state index < -0.39 is 16.1 Å². The molecule has 0 fully saturated rings. The first kappa shape index (κ1) is 13.9. The Bertz CT molecular complexity index is 672. The molecule has 1 atom stereocenters. The normalized spacial score (nSPS) is 13.4. The van der Waals surface area contributed by atoms with E-state index in [0.717, 1.165) is 0 Å². The SMILES string of the molecule is CC(NS(=O)(=O)c1ccc(Br)c(N)c1)c1nn[nH]n1. The lowest BCUT2D eigenvalue weighted by Crippen LogP contribution is -2.27. The zero-order chi connectivity index (χ0) is 14.0. The van der Waals surface area contributed by atoms with E-state index in [1.807, 2.05) is 0 Å². The Morgan fingerprint density at radius 1 is 1.47 bits per heavy atom. The molecular formula is C9H11BrN6O2S. The van der Waals surface area contributed by atoms with Gasteiger partial charge in [-0.3, -0.25) is 0 Å². The van der Waals surface area contributed by atoms with Crippen LogP contribution in [0.15, 0.2) is 27.6 Å². The van der Waals surface area contributed by atoms with Crippen molar-refractivity contribution in [1.29, 1.82) is 0 Å². The molecule has 0 amide bonds. The summed E-state index contributed by atoms with van der Waals surface area (Å²) in [5.74, 6) is 0.258. The van der Waals surface area contributed by atoms with Crippen LogP contribution in [0, 0.1) is 0 Å². The van der Waals surface area contributed by atoms with Crippen molar-refractivity contribution < 1.29 is 8.42 Å². The van der Waals surface area contributed by atoms with Crippen molar-refractivity contribution in [3.05, 3.63) is 28.5 Å².